The summed E-state index contributed by atoms with van der Waals surface area (Å²) in [7, 11) is 0. The Bertz CT molecular complexity index is 589. The third-order valence-corrected chi connectivity index (χ3v) is 3.50. The number of hydrogen-bond acceptors (Lipinski definition) is 2. The van der Waals surface area contributed by atoms with E-state index < -0.39 is 0 Å². The molecule has 0 radical (unpaired) electrons. The molecule has 0 aliphatic carbocycles. The third-order valence-electron chi connectivity index (χ3n) is 3.50. The van der Waals surface area contributed by atoms with Gasteiger partial charge in [0.25, 0.3) is 0 Å². The van der Waals surface area contributed by atoms with E-state index in [9.17, 15) is 5.11 Å². The second-order valence-corrected chi connectivity index (χ2v) is 4.87. The number of anilines is 1. The van der Waals surface area contributed by atoms with Crippen LogP contribution >= 0.6 is 0 Å². The van der Waals surface area contributed by atoms with Crippen LogP contribution in [0.2, 0.25) is 0 Å². The summed E-state index contributed by atoms with van der Waals surface area (Å²) in [6, 6.07) is 16.2. The first-order chi connectivity index (χ1) is 9.33. The van der Waals surface area contributed by atoms with Gasteiger partial charge in [-0.3, -0.25) is 0 Å². The zero-order chi connectivity index (χ0) is 13.1. The van der Waals surface area contributed by atoms with Crippen molar-refractivity contribution in [2.45, 2.75) is 18.9 Å². The normalized spacial score (nSPS) is 18.0. The minimum absolute atomic E-state index is 0.279. The molecule has 0 aromatic heterocycles. The highest BCUT2D eigenvalue weighted by molar-refractivity contribution is 5.64. The zero-order valence-electron chi connectivity index (χ0n) is 10.7. The van der Waals surface area contributed by atoms with Gasteiger partial charge in [-0.2, -0.15) is 0 Å². The van der Waals surface area contributed by atoms with Crippen molar-refractivity contribution in [3.8, 4) is 5.75 Å². The second-order valence-electron chi connectivity index (χ2n) is 4.87. The summed E-state index contributed by atoms with van der Waals surface area (Å²) < 4.78 is 0. The average molecular weight is 251 g/mol. The van der Waals surface area contributed by atoms with E-state index in [0.29, 0.717) is 5.75 Å². The maximum absolute atomic E-state index is 9.87. The van der Waals surface area contributed by atoms with Crippen LogP contribution in [0, 0.1) is 0 Å². The van der Waals surface area contributed by atoms with Gasteiger partial charge in [-0.05, 0) is 30.0 Å². The molecular weight excluding hydrogens is 234 g/mol. The number of hydrogen-bond donors (Lipinski definition) is 2. The van der Waals surface area contributed by atoms with Crippen LogP contribution < -0.4 is 5.32 Å². The van der Waals surface area contributed by atoms with Crippen LogP contribution in [0.5, 0.6) is 5.75 Å². The van der Waals surface area contributed by atoms with Gasteiger partial charge in [0, 0.05) is 6.04 Å². The molecule has 0 spiro atoms. The molecule has 1 aliphatic rings. The lowest BCUT2D eigenvalue weighted by Crippen LogP contribution is -2.23. The van der Waals surface area contributed by atoms with E-state index in [1.54, 1.807) is 6.07 Å². The lowest BCUT2D eigenvalue weighted by molar-refractivity contribution is 0.474. The van der Waals surface area contributed by atoms with Gasteiger partial charge in [0.2, 0.25) is 0 Å². The number of nitrogens with one attached hydrogen (secondary N) is 1. The molecule has 0 amide bonds. The fourth-order valence-electron chi connectivity index (χ4n) is 2.47. The number of rotatable bonds is 2. The van der Waals surface area contributed by atoms with Gasteiger partial charge >= 0.3 is 0 Å². The molecule has 1 aliphatic heterocycles. The van der Waals surface area contributed by atoms with Crippen LogP contribution in [0.15, 0.2) is 54.6 Å². The molecule has 0 fully saturated rings. The van der Waals surface area contributed by atoms with Crippen molar-refractivity contribution in [3.05, 3.63) is 65.7 Å². The number of phenolic OH excluding ortho intramolecular Hbond substituents is 1. The summed E-state index contributed by atoms with van der Waals surface area (Å²) in [6.07, 6.45) is 6.35. The molecule has 2 N–H and O–H groups in total. The largest absolute Gasteiger partial charge is 0.506 e. The number of aryl methyl sites for hydroxylation is 1. The van der Waals surface area contributed by atoms with Crippen molar-refractivity contribution in [1.82, 2.24) is 0 Å². The Kier molecular flexibility index (Phi) is 3.23. The second kappa shape index (κ2) is 5.19. The topological polar surface area (TPSA) is 32.3 Å². The quantitative estimate of drug-likeness (QED) is 0.795. The number of fused-ring (bicyclic) bond motifs is 1. The molecule has 1 unspecified atom stereocenters. The number of para-hydroxylation sites is 1. The molecule has 19 heavy (non-hydrogen) atoms. The summed E-state index contributed by atoms with van der Waals surface area (Å²) in [5.41, 5.74) is 3.29. The van der Waals surface area contributed by atoms with E-state index in [1.807, 2.05) is 24.3 Å². The first kappa shape index (κ1) is 11.8. The van der Waals surface area contributed by atoms with Crippen LogP contribution in [0.25, 0.3) is 6.08 Å². The summed E-state index contributed by atoms with van der Waals surface area (Å²) in [5.74, 6) is 0.343. The summed E-state index contributed by atoms with van der Waals surface area (Å²) >= 11 is 0. The monoisotopic (exact) mass is 251 g/mol. The lowest BCUT2D eigenvalue weighted by Gasteiger charge is -2.25. The molecule has 1 heterocycles. The molecule has 0 saturated heterocycles. The number of benzene rings is 2. The molecule has 3 rings (SSSR count). The number of aromatic hydroxyl groups is 1. The Morgan fingerprint density at radius 1 is 1.05 bits per heavy atom. The van der Waals surface area contributed by atoms with Gasteiger partial charge in [0.1, 0.15) is 5.75 Å². The van der Waals surface area contributed by atoms with Gasteiger partial charge in [0.15, 0.2) is 0 Å². The van der Waals surface area contributed by atoms with E-state index in [1.165, 1.54) is 11.1 Å². The summed E-state index contributed by atoms with van der Waals surface area (Å²) in [4.78, 5) is 0. The third kappa shape index (κ3) is 2.63. The summed E-state index contributed by atoms with van der Waals surface area (Å²) in [6.45, 7) is 0. The smallest absolute Gasteiger partial charge is 0.138 e. The molecule has 2 nitrogen and oxygen atoms in total. The molecule has 0 bridgehead atoms. The fourth-order valence-corrected chi connectivity index (χ4v) is 2.47. The van der Waals surface area contributed by atoms with E-state index in [0.717, 1.165) is 18.5 Å². The molecule has 2 aromatic rings. The van der Waals surface area contributed by atoms with Crippen molar-refractivity contribution >= 4 is 11.8 Å². The standard InChI is InChI=1S/C17H17NO/c19-16-8-4-7-14-10-12-15(18-17(14)16)11-9-13-5-2-1-3-6-13/h1-9,11,15,18-19H,10,12H2/b11-9+. The van der Waals surface area contributed by atoms with Crippen molar-refractivity contribution < 1.29 is 5.11 Å². The van der Waals surface area contributed by atoms with Crippen LogP contribution in [0.1, 0.15) is 17.5 Å². The van der Waals surface area contributed by atoms with E-state index in [-0.39, 0.29) is 6.04 Å². The predicted octanol–water partition coefficient (Wildman–Crippen LogP) is 3.83. The van der Waals surface area contributed by atoms with Crippen molar-refractivity contribution in [2.75, 3.05) is 5.32 Å². The Balaban J connectivity index is 1.76. The molecular formula is C17H17NO. The van der Waals surface area contributed by atoms with Crippen LogP contribution in [-0.2, 0) is 6.42 Å². The van der Waals surface area contributed by atoms with Gasteiger partial charge in [-0.15, -0.1) is 0 Å². The molecule has 2 aromatic carbocycles. The van der Waals surface area contributed by atoms with E-state index in [2.05, 4.69) is 35.7 Å². The van der Waals surface area contributed by atoms with Crippen molar-refractivity contribution in [2.24, 2.45) is 0 Å². The molecule has 2 heteroatoms. The number of phenols is 1. The maximum Gasteiger partial charge on any atom is 0.138 e. The SMILES string of the molecule is Oc1cccc2c1NC(/C=C/c1ccccc1)CC2. The highest BCUT2D eigenvalue weighted by atomic mass is 16.3. The predicted molar refractivity (Wildman–Crippen MR) is 79.3 cm³/mol. The summed E-state index contributed by atoms with van der Waals surface area (Å²) in [5, 5.41) is 13.3. The zero-order valence-corrected chi connectivity index (χ0v) is 10.7. The van der Waals surface area contributed by atoms with E-state index >= 15 is 0 Å². The van der Waals surface area contributed by atoms with Gasteiger partial charge in [-0.1, -0.05) is 54.6 Å². The fraction of sp³-hybridized carbons (Fsp3) is 0.176. The van der Waals surface area contributed by atoms with E-state index in [4.69, 9.17) is 0 Å². The minimum atomic E-state index is 0.279. The maximum atomic E-state index is 9.87. The Morgan fingerprint density at radius 2 is 1.89 bits per heavy atom. The average Bonchev–Trinajstić information content (AvgIpc) is 2.47. The Labute approximate surface area is 113 Å². The molecule has 96 valence electrons. The van der Waals surface area contributed by atoms with Crippen LogP contribution in [0.4, 0.5) is 5.69 Å². The van der Waals surface area contributed by atoms with Crippen molar-refractivity contribution in [3.63, 3.8) is 0 Å². The molecule has 0 saturated carbocycles. The first-order valence-corrected chi connectivity index (χ1v) is 6.63. The highest BCUT2D eigenvalue weighted by Crippen LogP contribution is 2.33. The highest BCUT2D eigenvalue weighted by Gasteiger charge is 2.17. The molecule has 1 atom stereocenters. The van der Waals surface area contributed by atoms with Crippen LogP contribution in [-0.4, -0.2) is 11.1 Å². The van der Waals surface area contributed by atoms with Gasteiger partial charge in [-0.25, -0.2) is 0 Å². The first-order valence-electron chi connectivity index (χ1n) is 6.63. The Hall–Kier alpha value is -2.22. The van der Waals surface area contributed by atoms with Gasteiger partial charge < -0.3 is 10.4 Å². The lowest BCUT2D eigenvalue weighted by atomic mass is 9.97. The Morgan fingerprint density at radius 3 is 2.74 bits per heavy atom. The van der Waals surface area contributed by atoms with Crippen molar-refractivity contribution in [1.29, 1.82) is 0 Å². The van der Waals surface area contributed by atoms with Crippen LogP contribution in [0.3, 0.4) is 0 Å². The van der Waals surface area contributed by atoms with Gasteiger partial charge in [0.05, 0.1) is 5.69 Å². The minimum Gasteiger partial charge on any atom is -0.506 e.